The second kappa shape index (κ2) is 10.1. The van der Waals surface area contributed by atoms with Crippen LogP contribution in [0, 0.1) is 5.92 Å². The number of benzene rings is 1. The van der Waals surface area contributed by atoms with E-state index in [9.17, 15) is 0 Å². The largest absolute Gasteiger partial charge is 0.494 e. The minimum atomic E-state index is 0.431. The Hall–Kier alpha value is -2.34. The Labute approximate surface area is 165 Å². The number of hydrogen-bond acceptors (Lipinski definition) is 6. The topological polar surface area (TPSA) is 59.8 Å². The lowest BCUT2D eigenvalue weighted by Crippen LogP contribution is -2.34. The lowest BCUT2D eigenvalue weighted by molar-refractivity contribution is 0.160. The van der Waals surface area contributed by atoms with Gasteiger partial charge in [-0.25, -0.2) is 9.97 Å². The molecule has 0 amide bonds. The zero-order chi connectivity index (χ0) is 18.9. The molecule has 0 aliphatic carbocycles. The number of rotatable bonds is 8. The van der Waals surface area contributed by atoms with Crippen LogP contribution < -0.4 is 9.64 Å². The van der Waals surface area contributed by atoms with Crippen LogP contribution in [0.5, 0.6) is 5.75 Å². The molecule has 1 aliphatic rings. The molecule has 0 spiro atoms. The third kappa shape index (κ3) is 6.10. The molecule has 2 heterocycles. The van der Waals surface area contributed by atoms with Crippen LogP contribution in [0.25, 0.3) is 0 Å². The zero-order valence-electron chi connectivity index (χ0n) is 15.6. The van der Waals surface area contributed by atoms with Crippen molar-refractivity contribution < 1.29 is 9.57 Å². The molecule has 0 unspecified atom stereocenters. The van der Waals surface area contributed by atoms with Gasteiger partial charge in [-0.1, -0.05) is 16.8 Å². The number of aromatic nitrogens is 2. The maximum absolute atomic E-state index is 5.89. The quantitative estimate of drug-likeness (QED) is 0.501. The van der Waals surface area contributed by atoms with Crippen LogP contribution in [-0.4, -0.2) is 42.5 Å². The highest BCUT2D eigenvalue weighted by atomic mass is 35.5. The Balaban J connectivity index is 1.37. The van der Waals surface area contributed by atoms with Crippen molar-refractivity contribution in [2.45, 2.75) is 26.2 Å². The van der Waals surface area contributed by atoms with E-state index in [1.807, 2.05) is 31.2 Å². The van der Waals surface area contributed by atoms with E-state index in [2.05, 4.69) is 20.0 Å². The lowest BCUT2D eigenvalue weighted by Gasteiger charge is -2.32. The van der Waals surface area contributed by atoms with Crippen molar-refractivity contribution in [1.82, 2.24) is 9.97 Å². The molecule has 1 aromatic heterocycles. The van der Waals surface area contributed by atoms with Gasteiger partial charge >= 0.3 is 0 Å². The van der Waals surface area contributed by atoms with Crippen LogP contribution in [0.15, 0.2) is 41.8 Å². The van der Waals surface area contributed by atoms with E-state index in [-0.39, 0.29) is 0 Å². The predicted molar refractivity (Wildman–Crippen MR) is 108 cm³/mol. The Bertz CT molecular complexity index is 714. The van der Waals surface area contributed by atoms with Crippen molar-refractivity contribution in [1.29, 1.82) is 0 Å². The molecule has 3 rings (SSSR count). The van der Waals surface area contributed by atoms with E-state index in [0.717, 1.165) is 56.1 Å². The zero-order valence-corrected chi connectivity index (χ0v) is 16.3. The fraction of sp³-hybridized carbons (Fsp3) is 0.450. The third-order valence-corrected chi connectivity index (χ3v) is 4.82. The molecule has 0 radical (unpaired) electrons. The van der Waals surface area contributed by atoms with Crippen LogP contribution in [0.4, 0.5) is 5.82 Å². The molecule has 1 saturated heterocycles. The molecule has 27 heavy (non-hydrogen) atoms. The fourth-order valence-electron chi connectivity index (χ4n) is 3.09. The Kier molecular flexibility index (Phi) is 7.27. The summed E-state index contributed by atoms with van der Waals surface area (Å²) in [6, 6.07) is 7.89. The first-order valence-electron chi connectivity index (χ1n) is 9.35. The Morgan fingerprint density at radius 3 is 2.63 bits per heavy atom. The van der Waals surface area contributed by atoms with Crippen LogP contribution in [0.2, 0.25) is 5.15 Å². The van der Waals surface area contributed by atoms with Gasteiger partial charge in [-0.05, 0) is 61.9 Å². The van der Waals surface area contributed by atoms with E-state index in [1.54, 1.807) is 18.6 Å². The average Bonchev–Trinajstić information content (AvgIpc) is 2.71. The summed E-state index contributed by atoms with van der Waals surface area (Å²) in [5.41, 5.74) is 0.994. The van der Waals surface area contributed by atoms with Crippen LogP contribution in [0.1, 0.15) is 31.7 Å². The number of nitrogens with zero attached hydrogens (tertiary/aromatic N) is 4. The maximum atomic E-state index is 5.89. The lowest BCUT2D eigenvalue weighted by atomic mass is 9.94. The van der Waals surface area contributed by atoms with Gasteiger partial charge in [0.05, 0.1) is 25.2 Å². The smallest absolute Gasteiger partial charge is 0.147 e. The molecule has 0 atom stereocenters. The summed E-state index contributed by atoms with van der Waals surface area (Å²) in [6.07, 6.45) is 8.39. The summed E-state index contributed by atoms with van der Waals surface area (Å²) in [5, 5.41) is 4.29. The molecule has 7 heteroatoms. The first-order valence-corrected chi connectivity index (χ1v) is 9.73. The number of oxime groups is 1. The van der Waals surface area contributed by atoms with Crippen molar-refractivity contribution in [3.8, 4) is 5.75 Å². The third-order valence-electron chi connectivity index (χ3n) is 4.63. The van der Waals surface area contributed by atoms with E-state index in [0.29, 0.717) is 17.7 Å². The number of hydrogen-bond donors (Lipinski definition) is 0. The molecule has 1 fully saturated rings. The molecule has 1 aliphatic heterocycles. The van der Waals surface area contributed by atoms with Crippen molar-refractivity contribution in [2.24, 2.45) is 11.1 Å². The second-order valence-corrected chi connectivity index (χ2v) is 6.87. The van der Waals surface area contributed by atoms with Gasteiger partial charge in [0.2, 0.25) is 0 Å². The number of piperidine rings is 1. The van der Waals surface area contributed by atoms with Gasteiger partial charge < -0.3 is 14.5 Å². The standard InChI is InChI=1S/C20H25ClN4O2/c1-2-27-24-13-17-3-5-18(6-4-17)26-12-9-16-7-10-25(11-8-16)20-15-22-19(21)14-23-20/h3-6,13-16H,2,7-12H2,1H3. The summed E-state index contributed by atoms with van der Waals surface area (Å²) >= 11 is 5.80. The van der Waals surface area contributed by atoms with Gasteiger partial charge in [0.25, 0.3) is 0 Å². The molecule has 0 bridgehead atoms. The van der Waals surface area contributed by atoms with Crippen molar-refractivity contribution in [3.05, 3.63) is 47.4 Å². The fourth-order valence-corrected chi connectivity index (χ4v) is 3.18. The van der Waals surface area contributed by atoms with Crippen LogP contribution >= 0.6 is 11.6 Å². The SMILES string of the molecule is CCON=Cc1ccc(OCCC2CCN(c3cnc(Cl)cn3)CC2)cc1. The van der Waals surface area contributed by atoms with E-state index < -0.39 is 0 Å². The minimum Gasteiger partial charge on any atom is -0.494 e. The van der Waals surface area contributed by atoms with Crippen molar-refractivity contribution in [2.75, 3.05) is 31.2 Å². The van der Waals surface area contributed by atoms with Crippen molar-refractivity contribution >= 4 is 23.6 Å². The highest BCUT2D eigenvalue weighted by Crippen LogP contribution is 2.24. The van der Waals surface area contributed by atoms with Gasteiger partial charge in [0.15, 0.2) is 0 Å². The van der Waals surface area contributed by atoms with E-state index in [1.165, 1.54) is 0 Å². The summed E-state index contributed by atoms with van der Waals surface area (Å²) in [4.78, 5) is 15.7. The average molecular weight is 389 g/mol. The first kappa shape index (κ1) is 19.4. The summed E-state index contributed by atoms with van der Waals surface area (Å²) < 4.78 is 5.89. The first-order chi connectivity index (χ1) is 13.2. The Morgan fingerprint density at radius 1 is 1.19 bits per heavy atom. The van der Waals surface area contributed by atoms with Gasteiger partial charge in [-0.3, -0.25) is 0 Å². The van der Waals surface area contributed by atoms with Gasteiger partial charge in [0, 0.05) is 13.1 Å². The Morgan fingerprint density at radius 2 is 1.96 bits per heavy atom. The van der Waals surface area contributed by atoms with Gasteiger partial charge in [-0.15, -0.1) is 0 Å². The van der Waals surface area contributed by atoms with Gasteiger partial charge in [-0.2, -0.15) is 0 Å². The molecule has 0 saturated carbocycles. The number of ether oxygens (including phenoxy) is 1. The molecule has 2 aromatic rings. The summed E-state index contributed by atoms with van der Waals surface area (Å²) in [6.45, 7) is 5.20. The van der Waals surface area contributed by atoms with Crippen molar-refractivity contribution in [3.63, 3.8) is 0 Å². The predicted octanol–water partition coefficient (Wildman–Crippen LogP) is 4.19. The highest BCUT2D eigenvalue weighted by molar-refractivity contribution is 6.29. The second-order valence-electron chi connectivity index (χ2n) is 6.49. The monoisotopic (exact) mass is 388 g/mol. The van der Waals surface area contributed by atoms with Crippen LogP contribution in [0.3, 0.4) is 0 Å². The maximum Gasteiger partial charge on any atom is 0.147 e. The molecular formula is C20H25ClN4O2. The highest BCUT2D eigenvalue weighted by Gasteiger charge is 2.20. The number of halogens is 1. The summed E-state index contributed by atoms with van der Waals surface area (Å²) in [7, 11) is 0. The summed E-state index contributed by atoms with van der Waals surface area (Å²) in [5.74, 6) is 2.47. The molecule has 0 N–H and O–H groups in total. The minimum absolute atomic E-state index is 0.431. The number of anilines is 1. The van der Waals surface area contributed by atoms with E-state index >= 15 is 0 Å². The molecule has 1 aromatic carbocycles. The van der Waals surface area contributed by atoms with Gasteiger partial charge in [0.1, 0.15) is 23.3 Å². The molecular weight excluding hydrogens is 364 g/mol. The molecule has 144 valence electrons. The van der Waals surface area contributed by atoms with Crippen LogP contribution in [-0.2, 0) is 4.84 Å². The van der Waals surface area contributed by atoms with E-state index in [4.69, 9.17) is 21.2 Å². The molecule has 6 nitrogen and oxygen atoms in total. The normalized spacial score (nSPS) is 15.3.